The van der Waals surface area contributed by atoms with Gasteiger partial charge in [-0.15, -0.1) is 0 Å². The first-order valence-corrected chi connectivity index (χ1v) is 7.28. The molecule has 1 aliphatic heterocycles. The van der Waals surface area contributed by atoms with Crippen LogP contribution in [0.3, 0.4) is 0 Å². The number of rotatable bonds is 6. The number of nitrogens with zero attached hydrogens (tertiary/aromatic N) is 2. The van der Waals surface area contributed by atoms with Crippen LogP contribution in [0.1, 0.15) is 34.1 Å². The van der Waals surface area contributed by atoms with Crippen molar-refractivity contribution >= 4 is 0 Å². The average Bonchev–Trinajstić information content (AvgIpc) is 2.29. The van der Waals surface area contributed by atoms with E-state index in [2.05, 4.69) is 42.8 Å². The van der Waals surface area contributed by atoms with E-state index in [1.165, 1.54) is 13.0 Å². The normalized spacial score (nSPS) is 21.2. The fourth-order valence-electron chi connectivity index (χ4n) is 2.30. The van der Waals surface area contributed by atoms with Crippen LogP contribution in [0.15, 0.2) is 0 Å². The maximum atomic E-state index is 10.0. The smallest absolute Gasteiger partial charge is 0.0791 e. The Kier molecular flexibility index (Phi) is 6.57. The summed E-state index contributed by atoms with van der Waals surface area (Å²) in [4.78, 5) is 4.89. The molecule has 1 aliphatic rings. The van der Waals surface area contributed by atoms with Crippen LogP contribution in [0.5, 0.6) is 0 Å². The molecule has 1 rings (SSSR count). The minimum absolute atomic E-state index is 0.0841. The van der Waals surface area contributed by atoms with E-state index in [1.54, 1.807) is 0 Å². The molecule has 0 amide bonds. The summed E-state index contributed by atoms with van der Waals surface area (Å²) in [5.41, 5.74) is 0.0841. The Bertz CT molecular complexity index is 220. The maximum absolute atomic E-state index is 10.0. The van der Waals surface area contributed by atoms with Crippen LogP contribution in [0.25, 0.3) is 0 Å². The van der Waals surface area contributed by atoms with E-state index in [0.29, 0.717) is 6.54 Å². The molecule has 1 saturated heterocycles. The summed E-state index contributed by atoms with van der Waals surface area (Å²) in [7, 11) is 0. The minimum Gasteiger partial charge on any atom is -0.390 e. The van der Waals surface area contributed by atoms with Gasteiger partial charge in [0, 0.05) is 44.8 Å². The van der Waals surface area contributed by atoms with Gasteiger partial charge in [-0.25, -0.2) is 0 Å². The molecule has 2 N–H and O–H groups in total. The first-order chi connectivity index (χ1) is 8.40. The van der Waals surface area contributed by atoms with E-state index in [4.69, 9.17) is 0 Å². The SMILES string of the molecule is CCCN1CCN(CC(O)CNC(C)(C)C)CC1. The van der Waals surface area contributed by atoms with Gasteiger partial charge in [-0.3, -0.25) is 4.90 Å². The van der Waals surface area contributed by atoms with Gasteiger partial charge in [0.05, 0.1) is 6.10 Å². The molecule has 0 aromatic rings. The van der Waals surface area contributed by atoms with Gasteiger partial charge in [-0.2, -0.15) is 0 Å². The van der Waals surface area contributed by atoms with Crippen molar-refractivity contribution in [1.82, 2.24) is 15.1 Å². The van der Waals surface area contributed by atoms with Gasteiger partial charge in [-0.05, 0) is 33.7 Å². The zero-order valence-electron chi connectivity index (χ0n) is 12.6. The minimum atomic E-state index is -0.262. The van der Waals surface area contributed by atoms with Gasteiger partial charge < -0.3 is 15.3 Å². The summed E-state index contributed by atoms with van der Waals surface area (Å²) in [6.45, 7) is 15.8. The molecular formula is C14H31N3O. The van der Waals surface area contributed by atoms with E-state index < -0.39 is 0 Å². The summed E-state index contributed by atoms with van der Waals surface area (Å²) in [6.07, 6.45) is 0.972. The number of hydrogen-bond donors (Lipinski definition) is 2. The lowest BCUT2D eigenvalue weighted by Gasteiger charge is -2.35. The third-order valence-electron chi connectivity index (χ3n) is 3.34. The highest BCUT2D eigenvalue weighted by atomic mass is 16.3. The van der Waals surface area contributed by atoms with Gasteiger partial charge in [0.15, 0.2) is 0 Å². The highest BCUT2D eigenvalue weighted by Crippen LogP contribution is 2.04. The molecule has 1 fully saturated rings. The first-order valence-electron chi connectivity index (χ1n) is 7.28. The first kappa shape index (κ1) is 15.9. The fraction of sp³-hybridized carbons (Fsp3) is 1.00. The molecule has 4 nitrogen and oxygen atoms in total. The molecule has 1 atom stereocenters. The number of aliphatic hydroxyl groups is 1. The van der Waals surface area contributed by atoms with Crippen LogP contribution in [0, 0.1) is 0 Å². The van der Waals surface area contributed by atoms with E-state index >= 15 is 0 Å². The highest BCUT2D eigenvalue weighted by Gasteiger charge is 2.19. The van der Waals surface area contributed by atoms with Gasteiger partial charge in [0.1, 0.15) is 0 Å². The molecule has 0 saturated carbocycles. The van der Waals surface area contributed by atoms with Crippen molar-refractivity contribution in [2.24, 2.45) is 0 Å². The number of piperazine rings is 1. The lowest BCUT2D eigenvalue weighted by atomic mass is 10.1. The zero-order valence-corrected chi connectivity index (χ0v) is 12.6. The molecule has 0 radical (unpaired) electrons. The van der Waals surface area contributed by atoms with E-state index in [0.717, 1.165) is 32.7 Å². The molecule has 4 heteroatoms. The highest BCUT2D eigenvalue weighted by molar-refractivity contribution is 4.77. The average molecular weight is 257 g/mol. The van der Waals surface area contributed by atoms with Crippen molar-refractivity contribution in [3.8, 4) is 0 Å². The Balaban J connectivity index is 2.16. The second kappa shape index (κ2) is 7.43. The van der Waals surface area contributed by atoms with Gasteiger partial charge >= 0.3 is 0 Å². The van der Waals surface area contributed by atoms with Gasteiger partial charge in [0.2, 0.25) is 0 Å². The van der Waals surface area contributed by atoms with Crippen molar-refractivity contribution in [1.29, 1.82) is 0 Å². The Hall–Kier alpha value is -0.160. The molecule has 0 aromatic heterocycles. The van der Waals surface area contributed by atoms with Crippen LogP contribution in [0.4, 0.5) is 0 Å². The predicted octanol–water partition coefficient (Wildman–Crippen LogP) is 0.763. The van der Waals surface area contributed by atoms with Gasteiger partial charge in [-0.1, -0.05) is 6.92 Å². The molecule has 108 valence electrons. The molecule has 0 aromatic carbocycles. The summed E-state index contributed by atoms with van der Waals surface area (Å²) in [5.74, 6) is 0. The Morgan fingerprint density at radius 2 is 1.67 bits per heavy atom. The Morgan fingerprint density at radius 3 is 2.17 bits per heavy atom. The lowest BCUT2D eigenvalue weighted by molar-refractivity contribution is 0.0695. The molecule has 18 heavy (non-hydrogen) atoms. The zero-order chi connectivity index (χ0) is 13.6. The largest absolute Gasteiger partial charge is 0.390 e. The molecule has 1 heterocycles. The van der Waals surface area contributed by atoms with Crippen molar-refractivity contribution in [2.75, 3.05) is 45.8 Å². The van der Waals surface area contributed by atoms with Gasteiger partial charge in [0.25, 0.3) is 0 Å². The van der Waals surface area contributed by atoms with Crippen LogP contribution in [0.2, 0.25) is 0 Å². The van der Waals surface area contributed by atoms with E-state index in [9.17, 15) is 5.11 Å². The third kappa shape index (κ3) is 6.69. The maximum Gasteiger partial charge on any atom is 0.0791 e. The second-order valence-corrected chi connectivity index (χ2v) is 6.43. The number of β-amino-alcohol motifs (C(OH)–C–C–N with tert-alkyl or cyclic N) is 1. The fourth-order valence-corrected chi connectivity index (χ4v) is 2.30. The standard InChI is InChI=1S/C14H31N3O/c1-5-6-16-7-9-17(10-8-16)12-13(18)11-15-14(2,3)4/h13,15,18H,5-12H2,1-4H3. The lowest BCUT2D eigenvalue weighted by Crippen LogP contribution is -2.50. The molecule has 0 bridgehead atoms. The summed E-state index contributed by atoms with van der Waals surface area (Å²) in [6, 6.07) is 0. The quantitative estimate of drug-likeness (QED) is 0.737. The molecule has 0 aliphatic carbocycles. The summed E-state index contributed by atoms with van der Waals surface area (Å²) in [5, 5.41) is 13.4. The summed E-state index contributed by atoms with van der Waals surface area (Å²) >= 11 is 0. The van der Waals surface area contributed by atoms with Crippen LogP contribution in [-0.2, 0) is 0 Å². The topological polar surface area (TPSA) is 38.7 Å². The van der Waals surface area contributed by atoms with Crippen molar-refractivity contribution < 1.29 is 5.11 Å². The van der Waals surface area contributed by atoms with Crippen LogP contribution >= 0.6 is 0 Å². The molecule has 0 spiro atoms. The van der Waals surface area contributed by atoms with Crippen molar-refractivity contribution in [2.45, 2.75) is 45.8 Å². The van der Waals surface area contributed by atoms with Crippen molar-refractivity contribution in [3.05, 3.63) is 0 Å². The number of nitrogens with one attached hydrogen (secondary N) is 1. The Labute approximate surface area is 112 Å². The van der Waals surface area contributed by atoms with E-state index in [1.807, 2.05) is 0 Å². The number of aliphatic hydroxyl groups excluding tert-OH is 1. The summed E-state index contributed by atoms with van der Waals surface area (Å²) < 4.78 is 0. The Morgan fingerprint density at radius 1 is 1.11 bits per heavy atom. The van der Waals surface area contributed by atoms with Crippen LogP contribution < -0.4 is 5.32 Å². The monoisotopic (exact) mass is 257 g/mol. The second-order valence-electron chi connectivity index (χ2n) is 6.43. The molecular weight excluding hydrogens is 226 g/mol. The third-order valence-corrected chi connectivity index (χ3v) is 3.34. The molecule has 1 unspecified atom stereocenters. The van der Waals surface area contributed by atoms with Crippen LogP contribution in [-0.4, -0.2) is 72.4 Å². The van der Waals surface area contributed by atoms with Crippen molar-refractivity contribution in [3.63, 3.8) is 0 Å². The predicted molar refractivity (Wildman–Crippen MR) is 76.9 cm³/mol. The van der Waals surface area contributed by atoms with E-state index in [-0.39, 0.29) is 11.6 Å². The number of hydrogen-bond acceptors (Lipinski definition) is 4.